The Morgan fingerprint density at radius 3 is 2.60 bits per heavy atom. The van der Waals surface area contributed by atoms with E-state index in [1.165, 1.54) is 0 Å². The monoisotopic (exact) mass is 348 g/mol. The number of nitrogens with zero attached hydrogens (tertiary/aromatic N) is 3. The number of benzene rings is 1. The summed E-state index contributed by atoms with van der Waals surface area (Å²) in [4.78, 5) is 18.7. The van der Waals surface area contributed by atoms with Gasteiger partial charge in [0.1, 0.15) is 12.4 Å². The van der Waals surface area contributed by atoms with Gasteiger partial charge in [0, 0.05) is 39.1 Å². The van der Waals surface area contributed by atoms with Crippen LogP contribution in [-0.4, -0.2) is 82.7 Å². The van der Waals surface area contributed by atoms with Crippen LogP contribution in [0, 0.1) is 0 Å². The maximum absolute atomic E-state index is 12.2. The molecule has 0 saturated carbocycles. The van der Waals surface area contributed by atoms with E-state index in [2.05, 4.69) is 21.2 Å². The summed E-state index contributed by atoms with van der Waals surface area (Å²) in [6.07, 6.45) is 1.53. The maximum atomic E-state index is 12.2. The Kier molecular flexibility index (Phi) is 8.01. The van der Waals surface area contributed by atoms with Gasteiger partial charge in [-0.05, 0) is 46.2 Å². The van der Waals surface area contributed by atoms with E-state index in [1.54, 1.807) is 0 Å². The second kappa shape index (κ2) is 10.3. The Bertz CT molecular complexity index is 528. The van der Waals surface area contributed by atoms with E-state index in [4.69, 9.17) is 4.74 Å². The highest BCUT2D eigenvalue weighted by Crippen LogP contribution is 2.28. The van der Waals surface area contributed by atoms with Gasteiger partial charge in [-0.1, -0.05) is 12.1 Å². The van der Waals surface area contributed by atoms with Crippen LogP contribution in [0.2, 0.25) is 0 Å². The predicted octanol–water partition coefficient (Wildman–Crippen LogP) is 1.28. The minimum absolute atomic E-state index is 0.269. The molecule has 1 saturated heterocycles. The zero-order chi connectivity index (χ0) is 18.1. The third kappa shape index (κ3) is 6.21. The molecule has 1 N–H and O–H groups in total. The fraction of sp³-hybridized carbons (Fsp3) is 0.632. The van der Waals surface area contributed by atoms with Crippen molar-refractivity contribution in [2.75, 3.05) is 71.9 Å². The molecule has 0 aromatic heterocycles. The van der Waals surface area contributed by atoms with Crippen LogP contribution in [-0.2, 0) is 4.79 Å². The van der Waals surface area contributed by atoms with Crippen molar-refractivity contribution >= 4 is 11.6 Å². The summed E-state index contributed by atoms with van der Waals surface area (Å²) in [5, 5.41) is 3.09. The molecule has 1 fully saturated rings. The molecule has 0 unspecified atom stereocenters. The predicted molar refractivity (Wildman–Crippen MR) is 102 cm³/mol. The smallest absolute Gasteiger partial charge is 0.222 e. The number of hydrogen-bond donors (Lipinski definition) is 1. The Hall–Kier alpha value is -1.79. The molecular formula is C19H32N4O2. The van der Waals surface area contributed by atoms with Crippen LogP contribution in [0.4, 0.5) is 5.69 Å². The van der Waals surface area contributed by atoms with Gasteiger partial charge >= 0.3 is 0 Å². The van der Waals surface area contributed by atoms with Gasteiger partial charge in [-0.3, -0.25) is 4.79 Å². The molecule has 140 valence electrons. The zero-order valence-corrected chi connectivity index (χ0v) is 15.8. The van der Waals surface area contributed by atoms with Gasteiger partial charge in [-0.15, -0.1) is 0 Å². The summed E-state index contributed by atoms with van der Waals surface area (Å²) in [6.45, 7) is 5.73. The zero-order valence-electron chi connectivity index (χ0n) is 15.8. The summed E-state index contributed by atoms with van der Waals surface area (Å²) in [6, 6.07) is 8.19. The van der Waals surface area contributed by atoms with Crippen LogP contribution in [0.5, 0.6) is 5.75 Å². The minimum Gasteiger partial charge on any atom is -0.490 e. The van der Waals surface area contributed by atoms with Crippen LogP contribution >= 0.6 is 0 Å². The van der Waals surface area contributed by atoms with Crippen LogP contribution in [0.25, 0.3) is 0 Å². The molecule has 0 bridgehead atoms. The van der Waals surface area contributed by atoms with Crippen molar-refractivity contribution in [2.45, 2.75) is 12.8 Å². The summed E-state index contributed by atoms with van der Waals surface area (Å²) in [7, 11) is 6.01. The molecule has 1 heterocycles. The number of rotatable bonds is 9. The van der Waals surface area contributed by atoms with Gasteiger partial charge in [0.15, 0.2) is 0 Å². The average Bonchev–Trinajstić information content (AvgIpc) is 2.62. The first kappa shape index (κ1) is 19.5. The van der Waals surface area contributed by atoms with Crippen LogP contribution in [0.1, 0.15) is 12.8 Å². The van der Waals surface area contributed by atoms with E-state index in [-0.39, 0.29) is 5.91 Å². The van der Waals surface area contributed by atoms with Gasteiger partial charge in [0.25, 0.3) is 0 Å². The van der Waals surface area contributed by atoms with Gasteiger partial charge in [0.2, 0.25) is 5.91 Å². The highest BCUT2D eigenvalue weighted by molar-refractivity contribution is 5.76. The van der Waals surface area contributed by atoms with Gasteiger partial charge in [-0.2, -0.15) is 0 Å². The molecule has 0 radical (unpaired) electrons. The number of anilines is 1. The lowest BCUT2D eigenvalue weighted by atomic mass is 10.2. The van der Waals surface area contributed by atoms with Crippen molar-refractivity contribution in [3.8, 4) is 5.75 Å². The van der Waals surface area contributed by atoms with E-state index in [1.807, 2.05) is 44.2 Å². The van der Waals surface area contributed by atoms with Crippen molar-refractivity contribution < 1.29 is 9.53 Å². The fourth-order valence-corrected chi connectivity index (χ4v) is 2.95. The van der Waals surface area contributed by atoms with Crippen molar-refractivity contribution in [3.05, 3.63) is 24.3 Å². The molecule has 2 rings (SSSR count). The lowest BCUT2D eigenvalue weighted by molar-refractivity contribution is -0.131. The summed E-state index contributed by atoms with van der Waals surface area (Å²) in [5.41, 5.74) is 1.13. The number of para-hydroxylation sites is 2. The highest BCUT2D eigenvalue weighted by Gasteiger charge is 2.22. The summed E-state index contributed by atoms with van der Waals surface area (Å²) < 4.78 is 5.97. The van der Waals surface area contributed by atoms with Gasteiger partial charge in [0.05, 0.1) is 5.69 Å². The molecule has 0 atom stereocenters. The molecule has 25 heavy (non-hydrogen) atoms. The van der Waals surface area contributed by atoms with Crippen molar-refractivity contribution in [1.29, 1.82) is 0 Å². The number of hydrogen-bond acceptors (Lipinski definition) is 5. The van der Waals surface area contributed by atoms with E-state index < -0.39 is 0 Å². The molecule has 1 aromatic carbocycles. The average molecular weight is 348 g/mol. The third-order valence-electron chi connectivity index (χ3n) is 4.45. The SMILES string of the molecule is CNCCCC(=O)N1CCN(c2ccccc2OCCN(C)C)CC1. The fourth-order valence-electron chi connectivity index (χ4n) is 2.95. The Labute approximate surface area is 151 Å². The number of carbonyl (C=O) groups is 1. The number of carbonyl (C=O) groups excluding carboxylic acids is 1. The quantitative estimate of drug-likeness (QED) is 0.681. The molecule has 6 nitrogen and oxygen atoms in total. The second-order valence-corrected chi connectivity index (χ2v) is 6.69. The Balaban J connectivity index is 1.86. The molecule has 1 aliphatic rings. The molecule has 1 aromatic rings. The van der Waals surface area contributed by atoms with Crippen LogP contribution in [0.15, 0.2) is 24.3 Å². The maximum Gasteiger partial charge on any atom is 0.222 e. The first-order valence-corrected chi connectivity index (χ1v) is 9.15. The molecule has 1 amide bonds. The first-order valence-electron chi connectivity index (χ1n) is 9.15. The number of likely N-dealkylation sites (N-methyl/N-ethyl adjacent to an activating group) is 1. The van der Waals surface area contributed by atoms with E-state index in [0.717, 1.165) is 57.1 Å². The largest absolute Gasteiger partial charge is 0.490 e. The molecule has 1 aliphatic heterocycles. The van der Waals surface area contributed by atoms with Crippen LogP contribution in [0.3, 0.4) is 0 Å². The molecule has 6 heteroatoms. The van der Waals surface area contributed by atoms with E-state index in [0.29, 0.717) is 13.0 Å². The normalized spacial score (nSPS) is 14.9. The van der Waals surface area contributed by atoms with Crippen molar-refractivity contribution in [2.24, 2.45) is 0 Å². The number of amides is 1. The molecular weight excluding hydrogens is 316 g/mol. The third-order valence-corrected chi connectivity index (χ3v) is 4.45. The van der Waals surface area contributed by atoms with Gasteiger partial charge < -0.3 is 24.8 Å². The summed E-state index contributed by atoms with van der Waals surface area (Å²) in [5.74, 6) is 1.20. The number of piperazine rings is 1. The lowest BCUT2D eigenvalue weighted by Crippen LogP contribution is -2.49. The minimum atomic E-state index is 0.269. The lowest BCUT2D eigenvalue weighted by Gasteiger charge is -2.36. The van der Waals surface area contributed by atoms with Crippen molar-refractivity contribution in [3.63, 3.8) is 0 Å². The summed E-state index contributed by atoms with van der Waals surface area (Å²) >= 11 is 0. The Morgan fingerprint density at radius 2 is 1.92 bits per heavy atom. The van der Waals surface area contributed by atoms with Crippen molar-refractivity contribution in [1.82, 2.24) is 15.1 Å². The van der Waals surface area contributed by atoms with E-state index >= 15 is 0 Å². The topological polar surface area (TPSA) is 48.1 Å². The van der Waals surface area contributed by atoms with E-state index in [9.17, 15) is 4.79 Å². The van der Waals surface area contributed by atoms with Gasteiger partial charge in [-0.25, -0.2) is 0 Å². The Morgan fingerprint density at radius 1 is 1.20 bits per heavy atom. The number of ether oxygens (including phenoxy) is 1. The first-order chi connectivity index (χ1) is 12.1. The highest BCUT2D eigenvalue weighted by atomic mass is 16.5. The molecule has 0 aliphatic carbocycles. The van der Waals surface area contributed by atoms with Crippen LogP contribution < -0.4 is 15.0 Å². The second-order valence-electron chi connectivity index (χ2n) is 6.69. The number of nitrogens with one attached hydrogen (secondary N) is 1. The molecule has 0 spiro atoms. The standard InChI is InChI=1S/C19H32N4O2/c1-20-10-6-9-19(24)23-13-11-22(12-14-23)17-7-4-5-8-18(17)25-16-15-21(2)3/h4-5,7-8,20H,6,9-16H2,1-3H3.